The minimum absolute atomic E-state index is 0.358. The number of nitrogens with one attached hydrogen (secondary N) is 2. The third-order valence-electron chi connectivity index (χ3n) is 2.51. The quantitative estimate of drug-likeness (QED) is 0.889. The van der Waals surface area contributed by atoms with Gasteiger partial charge in [0.15, 0.2) is 0 Å². The smallest absolute Gasteiger partial charge is 0.328 e. The second-order valence-electron chi connectivity index (χ2n) is 3.94. The molecular weight excluding hydrogens is 273 g/mol. The number of anilines is 1. The summed E-state index contributed by atoms with van der Waals surface area (Å²) in [6.45, 7) is 0. The van der Waals surface area contributed by atoms with Gasteiger partial charge in [-0.05, 0) is 12.1 Å². The molecule has 0 saturated heterocycles. The number of alkyl halides is 3. The lowest BCUT2D eigenvalue weighted by Gasteiger charge is -2.12. The first kappa shape index (κ1) is 13.9. The number of pyridine rings is 1. The number of para-hydroxylation sites is 1. The number of aromatic nitrogens is 1. The molecule has 104 valence electrons. The Balaban J connectivity index is 2.38. The molecule has 2 rings (SSSR count). The highest BCUT2D eigenvalue weighted by atomic mass is 19.4. The largest absolute Gasteiger partial charge is 0.417 e. The number of halogens is 3. The summed E-state index contributed by atoms with van der Waals surface area (Å²) in [6.07, 6.45) is -4.03. The van der Waals surface area contributed by atoms with Gasteiger partial charge >= 0.3 is 6.18 Å². The Hall–Kier alpha value is -2.57. The van der Waals surface area contributed by atoms with Crippen molar-refractivity contribution in [1.29, 1.82) is 0 Å². The molecule has 0 aliphatic heterocycles. The van der Waals surface area contributed by atoms with E-state index in [0.29, 0.717) is 11.8 Å². The van der Waals surface area contributed by atoms with Crippen molar-refractivity contribution in [3.05, 3.63) is 64.1 Å². The molecule has 2 N–H and O–H groups in total. The van der Waals surface area contributed by atoms with Gasteiger partial charge in [-0.15, -0.1) is 0 Å². The fourth-order valence-corrected chi connectivity index (χ4v) is 1.61. The predicted octanol–water partition coefficient (Wildman–Crippen LogP) is 2.65. The van der Waals surface area contributed by atoms with Crippen LogP contribution in [0.15, 0.2) is 47.4 Å². The zero-order valence-corrected chi connectivity index (χ0v) is 9.99. The van der Waals surface area contributed by atoms with Gasteiger partial charge in [-0.3, -0.25) is 9.59 Å². The SMILES string of the molecule is O=C(Nc1ccccc1)c1c[nH]c(=O)cc1C(F)(F)F. The Morgan fingerprint density at radius 3 is 2.40 bits per heavy atom. The van der Waals surface area contributed by atoms with E-state index >= 15 is 0 Å². The maximum absolute atomic E-state index is 12.8. The highest BCUT2D eigenvalue weighted by Gasteiger charge is 2.35. The molecule has 2 aromatic rings. The van der Waals surface area contributed by atoms with Gasteiger partial charge in [-0.2, -0.15) is 13.2 Å². The minimum atomic E-state index is -4.78. The average molecular weight is 282 g/mol. The van der Waals surface area contributed by atoms with Gasteiger partial charge in [0.1, 0.15) is 0 Å². The average Bonchev–Trinajstić information content (AvgIpc) is 2.38. The van der Waals surface area contributed by atoms with Crippen LogP contribution < -0.4 is 10.9 Å². The lowest BCUT2D eigenvalue weighted by Crippen LogP contribution is -2.22. The fourth-order valence-electron chi connectivity index (χ4n) is 1.61. The summed E-state index contributed by atoms with van der Waals surface area (Å²) in [4.78, 5) is 24.9. The van der Waals surface area contributed by atoms with Crippen molar-refractivity contribution >= 4 is 11.6 Å². The van der Waals surface area contributed by atoms with Gasteiger partial charge in [0.05, 0.1) is 11.1 Å². The first-order valence-electron chi connectivity index (χ1n) is 5.54. The van der Waals surface area contributed by atoms with Crippen LogP contribution in [0.2, 0.25) is 0 Å². The number of benzene rings is 1. The number of hydrogen-bond acceptors (Lipinski definition) is 2. The molecule has 0 atom stereocenters. The highest BCUT2D eigenvalue weighted by Crippen LogP contribution is 2.31. The number of aromatic amines is 1. The summed E-state index contributed by atoms with van der Waals surface area (Å²) >= 11 is 0. The topological polar surface area (TPSA) is 62.0 Å². The molecule has 0 unspecified atom stereocenters. The summed E-state index contributed by atoms with van der Waals surface area (Å²) in [6, 6.07) is 8.41. The molecule has 0 aliphatic carbocycles. The molecule has 0 bridgehead atoms. The maximum atomic E-state index is 12.8. The summed E-state index contributed by atoms with van der Waals surface area (Å²) in [5, 5.41) is 2.33. The van der Waals surface area contributed by atoms with Gasteiger partial charge in [0, 0.05) is 18.0 Å². The molecule has 1 aromatic carbocycles. The number of carbonyl (C=O) groups is 1. The van der Waals surface area contributed by atoms with Crippen molar-refractivity contribution in [3.8, 4) is 0 Å². The summed E-state index contributed by atoms with van der Waals surface area (Å²) in [5.74, 6) is -0.945. The van der Waals surface area contributed by atoms with Crippen LogP contribution in [0.5, 0.6) is 0 Å². The third-order valence-corrected chi connectivity index (χ3v) is 2.51. The highest BCUT2D eigenvalue weighted by molar-refractivity contribution is 6.05. The monoisotopic (exact) mass is 282 g/mol. The molecule has 0 spiro atoms. The fraction of sp³-hybridized carbons (Fsp3) is 0.0769. The van der Waals surface area contributed by atoms with E-state index in [0.717, 1.165) is 6.20 Å². The number of amides is 1. The molecular formula is C13H9F3N2O2. The predicted molar refractivity (Wildman–Crippen MR) is 66.5 cm³/mol. The molecule has 4 nitrogen and oxygen atoms in total. The Morgan fingerprint density at radius 2 is 1.80 bits per heavy atom. The van der Waals surface area contributed by atoms with Crippen molar-refractivity contribution < 1.29 is 18.0 Å². The zero-order valence-electron chi connectivity index (χ0n) is 9.99. The van der Waals surface area contributed by atoms with Crippen molar-refractivity contribution in [2.75, 3.05) is 5.32 Å². The molecule has 20 heavy (non-hydrogen) atoms. The lowest BCUT2D eigenvalue weighted by atomic mass is 10.1. The number of H-pyrrole nitrogens is 1. The molecule has 0 fully saturated rings. The van der Waals surface area contributed by atoms with E-state index in [2.05, 4.69) is 10.3 Å². The van der Waals surface area contributed by atoms with Gasteiger partial charge in [-0.1, -0.05) is 18.2 Å². The first-order chi connectivity index (χ1) is 9.38. The normalized spacial score (nSPS) is 11.2. The van der Waals surface area contributed by atoms with E-state index in [9.17, 15) is 22.8 Å². The van der Waals surface area contributed by atoms with Crippen LogP contribution in [0, 0.1) is 0 Å². The minimum Gasteiger partial charge on any atom is -0.328 e. The molecule has 7 heteroatoms. The zero-order chi connectivity index (χ0) is 14.8. The lowest BCUT2D eigenvalue weighted by molar-refractivity contribution is -0.138. The van der Waals surface area contributed by atoms with Crippen LogP contribution >= 0.6 is 0 Å². The van der Waals surface area contributed by atoms with Crippen molar-refractivity contribution in [2.24, 2.45) is 0 Å². The number of hydrogen-bond donors (Lipinski definition) is 2. The molecule has 1 aromatic heterocycles. The van der Waals surface area contributed by atoms with Crippen molar-refractivity contribution in [3.63, 3.8) is 0 Å². The van der Waals surface area contributed by atoms with Crippen LogP contribution in [-0.4, -0.2) is 10.9 Å². The number of carbonyl (C=O) groups excluding carboxylic acids is 1. The van der Waals surface area contributed by atoms with Gasteiger partial charge in [0.25, 0.3) is 5.91 Å². The molecule has 0 aliphatic rings. The van der Waals surface area contributed by atoms with Crippen molar-refractivity contribution in [2.45, 2.75) is 6.18 Å². The molecule has 0 saturated carbocycles. The van der Waals surface area contributed by atoms with Crippen LogP contribution in [0.1, 0.15) is 15.9 Å². The Bertz CT molecular complexity index is 678. The third kappa shape index (κ3) is 3.05. The van der Waals surface area contributed by atoms with Gasteiger partial charge in [-0.25, -0.2) is 0 Å². The van der Waals surface area contributed by atoms with Gasteiger partial charge < -0.3 is 10.3 Å². The Labute approximate surface area is 111 Å². The number of rotatable bonds is 2. The molecule has 0 radical (unpaired) electrons. The van der Waals surface area contributed by atoms with Crippen LogP contribution in [0.25, 0.3) is 0 Å². The summed E-state index contributed by atoms with van der Waals surface area (Å²) in [7, 11) is 0. The summed E-state index contributed by atoms with van der Waals surface area (Å²) in [5.41, 5.74) is -2.47. The van der Waals surface area contributed by atoms with Crippen LogP contribution in [0.3, 0.4) is 0 Å². The van der Waals surface area contributed by atoms with E-state index in [1.165, 1.54) is 12.1 Å². The first-order valence-corrected chi connectivity index (χ1v) is 5.54. The van der Waals surface area contributed by atoms with E-state index < -0.39 is 28.8 Å². The van der Waals surface area contributed by atoms with E-state index in [-0.39, 0.29) is 0 Å². The Morgan fingerprint density at radius 1 is 1.15 bits per heavy atom. The maximum Gasteiger partial charge on any atom is 0.417 e. The Kier molecular flexibility index (Phi) is 3.60. The summed E-state index contributed by atoms with van der Waals surface area (Å²) < 4.78 is 38.4. The second-order valence-corrected chi connectivity index (χ2v) is 3.94. The van der Waals surface area contributed by atoms with Crippen LogP contribution in [0.4, 0.5) is 18.9 Å². The standard InChI is InChI=1S/C13H9F3N2O2/c14-13(15,16)10-6-11(19)17-7-9(10)12(20)18-8-4-2-1-3-5-8/h1-7H,(H,17,19)(H,18,20). The van der Waals surface area contributed by atoms with E-state index in [4.69, 9.17) is 0 Å². The van der Waals surface area contributed by atoms with Crippen molar-refractivity contribution in [1.82, 2.24) is 4.98 Å². The van der Waals surface area contributed by atoms with Gasteiger partial charge in [0.2, 0.25) is 5.56 Å². The van der Waals surface area contributed by atoms with E-state index in [1.807, 2.05) is 0 Å². The van der Waals surface area contributed by atoms with E-state index in [1.54, 1.807) is 18.2 Å². The molecule has 1 heterocycles. The van der Waals surface area contributed by atoms with Crippen LogP contribution in [-0.2, 0) is 6.18 Å². The molecule has 1 amide bonds. The second kappa shape index (κ2) is 5.20.